The summed E-state index contributed by atoms with van der Waals surface area (Å²) in [4.78, 5) is 37.4. The largest absolute Gasteiger partial charge is 0.472 e. The normalized spacial score (nSPS) is 14.5. The highest BCUT2D eigenvalue weighted by Crippen LogP contribution is 2.43. The van der Waals surface area contributed by atoms with Crippen molar-refractivity contribution in [1.82, 2.24) is 5.32 Å². The number of rotatable bonds is 48. The third-order valence-electron chi connectivity index (χ3n) is 11.6. The number of carbonyl (C=O) groups is 2. The summed E-state index contributed by atoms with van der Waals surface area (Å²) < 4.78 is 30.5. The van der Waals surface area contributed by atoms with Gasteiger partial charge in [0.05, 0.1) is 33.8 Å². The minimum Gasteiger partial charge on any atom is -0.456 e. The lowest BCUT2D eigenvalue weighted by atomic mass is 10.1. The van der Waals surface area contributed by atoms with E-state index >= 15 is 0 Å². The van der Waals surface area contributed by atoms with Gasteiger partial charge in [-0.3, -0.25) is 18.6 Å². The van der Waals surface area contributed by atoms with E-state index in [4.69, 9.17) is 13.8 Å². The van der Waals surface area contributed by atoms with Crippen LogP contribution in [0.2, 0.25) is 0 Å². The number of allylic oxidation sites excluding steroid dienone is 13. The van der Waals surface area contributed by atoms with Crippen molar-refractivity contribution in [1.29, 1.82) is 0 Å². The second kappa shape index (κ2) is 47.8. The Morgan fingerprint density at radius 1 is 0.529 bits per heavy atom. The van der Waals surface area contributed by atoms with Crippen LogP contribution in [0.3, 0.4) is 0 Å². The van der Waals surface area contributed by atoms with Crippen molar-refractivity contribution in [2.75, 3.05) is 40.9 Å². The van der Waals surface area contributed by atoms with Crippen molar-refractivity contribution in [2.24, 2.45) is 0 Å². The van der Waals surface area contributed by atoms with E-state index in [-0.39, 0.29) is 37.9 Å². The molecule has 0 aliphatic heterocycles. The van der Waals surface area contributed by atoms with Gasteiger partial charge in [-0.1, -0.05) is 202 Å². The van der Waals surface area contributed by atoms with Gasteiger partial charge < -0.3 is 19.4 Å². The number of phosphoric acid groups is 1. The summed E-state index contributed by atoms with van der Waals surface area (Å²) >= 11 is 0. The SMILES string of the molecule is CC/C=C/C/C=C/C/C=C/C/C=C/C/C=C/CCC(=O)NC(COP(=O)(O)OCC[N+](C)(C)C)C(/C=C/CCCCCCCCCCCC)OC(=O)CCCCC/C=C\CCCCCCCCC. The van der Waals surface area contributed by atoms with E-state index < -0.39 is 20.0 Å². The first kappa shape index (κ1) is 65.2. The maximum absolute atomic E-state index is 13.4. The molecule has 0 aromatic heterocycles. The predicted octanol–water partition coefficient (Wildman–Crippen LogP) is 16.3. The van der Waals surface area contributed by atoms with E-state index in [9.17, 15) is 19.0 Å². The minimum atomic E-state index is -4.47. The van der Waals surface area contributed by atoms with Gasteiger partial charge in [0.25, 0.3) is 0 Å². The van der Waals surface area contributed by atoms with Crippen molar-refractivity contribution >= 4 is 19.7 Å². The summed E-state index contributed by atoms with van der Waals surface area (Å²) in [5.41, 5.74) is 0. The van der Waals surface area contributed by atoms with Gasteiger partial charge in [0.1, 0.15) is 19.3 Å². The number of nitrogens with zero attached hydrogens (tertiary/aromatic N) is 1. The number of hydrogen-bond donors (Lipinski definition) is 2. The number of ether oxygens (including phenoxy) is 1. The maximum Gasteiger partial charge on any atom is 0.472 e. The van der Waals surface area contributed by atoms with Crippen LogP contribution in [0.25, 0.3) is 0 Å². The van der Waals surface area contributed by atoms with Crippen LogP contribution in [-0.4, -0.2) is 74.3 Å². The zero-order valence-corrected chi connectivity index (χ0v) is 45.5. The Morgan fingerprint density at radius 2 is 0.956 bits per heavy atom. The predicted molar refractivity (Wildman–Crippen MR) is 291 cm³/mol. The second-order valence-electron chi connectivity index (χ2n) is 19.4. The molecule has 1 amide bonds. The Kier molecular flexibility index (Phi) is 45.9. The van der Waals surface area contributed by atoms with E-state index in [1.165, 1.54) is 96.3 Å². The molecule has 0 saturated heterocycles. The third-order valence-corrected chi connectivity index (χ3v) is 12.6. The number of carbonyl (C=O) groups excluding carboxylic acids is 2. The lowest BCUT2D eigenvalue weighted by Gasteiger charge is -2.27. The zero-order valence-electron chi connectivity index (χ0n) is 44.6. The Morgan fingerprint density at radius 3 is 1.44 bits per heavy atom. The fraction of sp³-hybridized carbons (Fsp3) is 0.724. The summed E-state index contributed by atoms with van der Waals surface area (Å²) in [7, 11) is 1.43. The molecule has 0 aromatic carbocycles. The summed E-state index contributed by atoms with van der Waals surface area (Å²) in [5, 5.41) is 2.99. The van der Waals surface area contributed by atoms with Gasteiger partial charge in [0.2, 0.25) is 5.91 Å². The molecule has 0 heterocycles. The molecule has 0 aliphatic rings. The van der Waals surface area contributed by atoms with E-state index in [0.717, 1.165) is 77.0 Å². The van der Waals surface area contributed by atoms with E-state index in [2.05, 4.69) is 86.8 Å². The van der Waals surface area contributed by atoms with Crippen LogP contribution in [0.15, 0.2) is 85.1 Å². The molecule has 0 aliphatic carbocycles. The van der Waals surface area contributed by atoms with Crippen molar-refractivity contribution in [2.45, 2.75) is 232 Å². The van der Waals surface area contributed by atoms with Crippen molar-refractivity contribution in [3.63, 3.8) is 0 Å². The van der Waals surface area contributed by atoms with E-state index in [1.54, 1.807) is 0 Å². The van der Waals surface area contributed by atoms with Gasteiger partial charge in [-0.25, -0.2) is 4.57 Å². The van der Waals surface area contributed by atoms with Crippen molar-refractivity contribution in [3.8, 4) is 0 Å². The quantitative estimate of drug-likeness (QED) is 0.0205. The highest BCUT2D eigenvalue weighted by molar-refractivity contribution is 7.47. The third kappa shape index (κ3) is 48.2. The number of hydrogen-bond acceptors (Lipinski definition) is 6. The average molecular weight is 972 g/mol. The maximum atomic E-state index is 13.4. The van der Waals surface area contributed by atoms with Crippen LogP contribution in [0, 0.1) is 0 Å². The lowest BCUT2D eigenvalue weighted by molar-refractivity contribution is -0.870. The van der Waals surface area contributed by atoms with Crippen LogP contribution in [0.1, 0.15) is 220 Å². The van der Waals surface area contributed by atoms with E-state index in [1.807, 2.05) is 45.4 Å². The van der Waals surface area contributed by atoms with Gasteiger partial charge >= 0.3 is 13.8 Å². The van der Waals surface area contributed by atoms with E-state index in [0.29, 0.717) is 23.9 Å². The Labute approximate surface area is 418 Å². The first-order chi connectivity index (χ1) is 32.9. The number of phosphoric ester groups is 1. The van der Waals surface area contributed by atoms with Crippen molar-refractivity contribution in [3.05, 3.63) is 85.1 Å². The Balaban J connectivity index is 5.54. The number of unbranched alkanes of at least 4 members (excludes halogenated alkanes) is 20. The molecule has 68 heavy (non-hydrogen) atoms. The molecule has 3 unspecified atom stereocenters. The molecule has 0 spiro atoms. The Hall–Kier alpha value is -2.81. The molecule has 0 saturated carbocycles. The molecule has 0 bridgehead atoms. The van der Waals surface area contributed by atoms with Gasteiger partial charge in [0, 0.05) is 12.8 Å². The zero-order chi connectivity index (χ0) is 50.1. The number of likely N-dealkylation sites (N-methyl/N-ethyl adjacent to an activating group) is 1. The van der Waals surface area contributed by atoms with Crippen LogP contribution >= 0.6 is 7.82 Å². The molecule has 2 N–H and O–H groups in total. The number of esters is 1. The number of quaternary nitrogens is 1. The number of amides is 1. The standard InChI is InChI=1S/C58H103N2O7P/c1-7-10-13-16-19-22-25-28-30-31-32-35-38-41-44-47-50-57(61)59-55(54-66-68(63,64)65-53-52-60(4,5)6)56(49-46-43-40-37-34-27-24-21-18-15-12-9-3)67-58(62)51-48-45-42-39-36-33-29-26-23-20-17-14-11-8-2/h10,13,19,22,28,30,32-33,35-36,41,44,46,49,55-56H,7-9,11-12,14-18,20-21,23-27,29,31,34,37-40,42-43,45,47-48,50-54H2,1-6H3,(H-,59,61,63,64)/p+1/b13-10+,22-19+,30-28+,35-32+,36-33-,44-41+,49-46+. The van der Waals surface area contributed by atoms with Crippen LogP contribution in [0.5, 0.6) is 0 Å². The van der Waals surface area contributed by atoms with Gasteiger partial charge in [-0.15, -0.1) is 0 Å². The van der Waals surface area contributed by atoms with Crippen LogP contribution < -0.4 is 5.32 Å². The van der Waals surface area contributed by atoms with Crippen molar-refractivity contribution < 1.29 is 37.3 Å². The molecule has 9 nitrogen and oxygen atoms in total. The fourth-order valence-corrected chi connectivity index (χ4v) is 8.07. The van der Waals surface area contributed by atoms with Crippen LogP contribution in [-0.2, 0) is 27.9 Å². The number of nitrogens with one attached hydrogen (secondary N) is 1. The molecule has 0 radical (unpaired) electrons. The highest BCUT2D eigenvalue weighted by atomic mass is 31.2. The van der Waals surface area contributed by atoms with Gasteiger partial charge in [-0.05, 0) is 89.5 Å². The molecule has 0 rings (SSSR count). The summed E-state index contributed by atoms with van der Waals surface area (Å²) in [5.74, 6) is -0.625. The monoisotopic (exact) mass is 972 g/mol. The second-order valence-corrected chi connectivity index (χ2v) is 20.8. The molecule has 0 fully saturated rings. The molecule has 10 heteroatoms. The first-order valence-corrected chi connectivity index (χ1v) is 28.9. The molecule has 0 aromatic rings. The Bertz CT molecular complexity index is 1440. The highest BCUT2D eigenvalue weighted by Gasteiger charge is 2.30. The molecule has 392 valence electrons. The summed E-state index contributed by atoms with van der Waals surface area (Å²) in [6.45, 7) is 6.80. The summed E-state index contributed by atoms with van der Waals surface area (Å²) in [6, 6.07) is -0.896. The average Bonchev–Trinajstić information content (AvgIpc) is 3.29. The smallest absolute Gasteiger partial charge is 0.456 e. The van der Waals surface area contributed by atoms with Crippen LogP contribution in [0.4, 0.5) is 0 Å². The van der Waals surface area contributed by atoms with Gasteiger partial charge in [0.15, 0.2) is 0 Å². The molecular formula is C58H104N2O7P+. The van der Waals surface area contributed by atoms with Gasteiger partial charge in [-0.2, -0.15) is 0 Å². The lowest BCUT2D eigenvalue weighted by Crippen LogP contribution is -2.47. The summed E-state index contributed by atoms with van der Waals surface area (Å²) in [6.07, 6.45) is 61.7. The molecule has 3 atom stereocenters. The molecular weight excluding hydrogens is 868 g/mol. The topological polar surface area (TPSA) is 111 Å². The minimum absolute atomic E-state index is 0.0215. The first-order valence-electron chi connectivity index (χ1n) is 27.4. The fourth-order valence-electron chi connectivity index (χ4n) is 7.33.